The molecule has 4 unspecified atom stereocenters. The zero-order valence-electron chi connectivity index (χ0n) is 33.2. The first kappa shape index (κ1) is 43.1. The smallest absolute Gasteiger partial charge is 0.134 e. The summed E-state index contributed by atoms with van der Waals surface area (Å²) < 4.78 is 2.47. The van der Waals surface area contributed by atoms with Gasteiger partial charge in [0.25, 0.3) is 0 Å². The molecule has 0 aliphatic carbocycles. The van der Waals surface area contributed by atoms with E-state index in [1.165, 1.54) is 111 Å². The summed E-state index contributed by atoms with van der Waals surface area (Å²) in [7, 11) is 9.19. The molecule has 0 saturated carbocycles. The van der Waals surface area contributed by atoms with Crippen LogP contribution in [0.3, 0.4) is 0 Å². The van der Waals surface area contributed by atoms with Gasteiger partial charge in [-0.05, 0) is 81.2 Å². The van der Waals surface area contributed by atoms with Gasteiger partial charge in [-0.2, -0.15) is 0 Å². The van der Waals surface area contributed by atoms with E-state index in [9.17, 15) is 0 Å². The first-order valence-electron chi connectivity index (χ1n) is 17.9. The second-order valence-electron chi connectivity index (χ2n) is 20.0. The Balaban J connectivity index is 0.000000799. The van der Waals surface area contributed by atoms with Gasteiger partial charge < -0.3 is 8.97 Å². The van der Waals surface area contributed by atoms with Gasteiger partial charge in [0.05, 0.1) is 46.8 Å². The van der Waals surface area contributed by atoms with Crippen molar-refractivity contribution in [2.75, 3.05) is 67.6 Å². The largest absolute Gasteiger partial charge is 0.326 e. The van der Waals surface area contributed by atoms with Gasteiger partial charge in [-0.15, -0.1) is 13.2 Å². The van der Waals surface area contributed by atoms with Gasteiger partial charge >= 0.3 is 0 Å². The Morgan fingerprint density at radius 1 is 0.659 bits per heavy atom. The Hall–Kier alpha value is -0.900. The van der Waals surface area contributed by atoms with Crippen LogP contribution in [0.25, 0.3) is 0 Å². The Kier molecular flexibility index (Phi) is 17.0. The minimum absolute atomic E-state index is 0.371. The van der Waals surface area contributed by atoms with Crippen LogP contribution in [-0.4, -0.2) is 81.4 Å². The fourth-order valence-corrected chi connectivity index (χ4v) is 9.34. The molecule has 3 nitrogen and oxygen atoms in total. The van der Waals surface area contributed by atoms with E-state index < -0.39 is 0 Å². The molecule has 2 aliphatic heterocycles. The van der Waals surface area contributed by atoms with E-state index >= 15 is 0 Å². The Morgan fingerprint density at radius 3 is 1.30 bits per heavy atom. The maximum Gasteiger partial charge on any atom is 0.134 e. The number of allylic oxidation sites excluding steroid dienone is 2. The van der Waals surface area contributed by atoms with Crippen molar-refractivity contribution in [3.05, 3.63) is 37.5 Å². The zero-order valence-corrected chi connectivity index (χ0v) is 33.2. The molecule has 0 spiro atoms. The fraction of sp³-hybridized carbons (Fsp3) is 0.854. The molecule has 2 saturated heterocycles. The lowest BCUT2D eigenvalue weighted by atomic mass is 9.72. The molecular formula is C41H83N3+2. The van der Waals surface area contributed by atoms with E-state index in [1.54, 1.807) is 0 Å². The third-order valence-corrected chi connectivity index (χ3v) is 9.57. The normalized spacial score (nSPS) is 26.1. The summed E-state index contributed by atoms with van der Waals surface area (Å²) in [4.78, 5) is 2.32. The van der Waals surface area contributed by atoms with E-state index in [1.807, 2.05) is 0 Å². The van der Waals surface area contributed by atoms with Crippen LogP contribution in [0.15, 0.2) is 37.5 Å². The molecule has 0 bridgehead atoms. The quantitative estimate of drug-likeness (QED) is 0.147. The SMILES string of the molecule is C=C.C=C(CC1CC[N+](C)(CC)C1)CC(C)(C)CC(C)(C)C.C=C(CC1CC[N+](C)(CN(C)C)C1)CC(C)(C)CC(C)(C)C. The predicted molar refractivity (Wildman–Crippen MR) is 201 cm³/mol. The van der Waals surface area contributed by atoms with Crippen molar-refractivity contribution < 1.29 is 8.97 Å². The van der Waals surface area contributed by atoms with Gasteiger partial charge in [-0.25, -0.2) is 0 Å². The van der Waals surface area contributed by atoms with Crippen LogP contribution in [0.1, 0.15) is 128 Å². The van der Waals surface area contributed by atoms with Crippen molar-refractivity contribution in [1.29, 1.82) is 0 Å². The first-order chi connectivity index (χ1) is 19.7. The monoisotopic (exact) mass is 618 g/mol. The van der Waals surface area contributed by atoms with Crippen LogP contribution in [0.2, 0.25) is 0 Å². The maximum atomic E-state index is 4.42. The topological polar surface area (TPSA) is 3.24 Å². The molecule has 260 valence electrons. The number of nitrogens with zero attached hydrogens (tertiary/aromatic N) is 3. The molecule has 0 aromatic rings. The fourth-order valence-electron chi connectivity index (χ4n) is 9.34. The van der Waals surface area contributed by atoms with E-state index in [-0.39, 0.29) is 0 Å². The van der Waals surface area contributed by atoms with Crippen LogP contribution in [0.4, 0.5) is 0 Å². The van der Waals surface area contributed by atoms with Gasteiger partial charge in [0.15, 0.2) is 0 Å². The summed E-state index contributed by atoms with van der Waals surface area (Å²) in [5.41, 5.74) is 4.52. The molecule has 4 atom stereocenters. The van der Waals surface area contributed by atoms with Crippen molar-refractivity contribution in [3.63, 3.8) is 0 Å². The standard InChI is InChI=1S/C20H41N2.C19H38N.C2H4/c1-17(13-20(5,6)15-19(2,3)4)12-18-10-11-22(9,14-18)16-21(7)8;1-9-20(8)11-10-17(14-20)12-16(2)13-19(6,7)15-18(3,4)5;1-2/h18H,1,10-16H2,2-9H3;17H,2,9-15H2,1,3-8H3;1-2H2/q2*+1;. The third kappa shape index (κ3) is 18.9. The molecule has 2 heterocycles. The van der Waals surface area contributed by atoms with Crippen LogP contribution in [-0.2, 0) is 0 Å². The highest BCUT2D eigenvalue weighted by molar-refractivity contribution is 5.02. The van der Waals surface area contributed by atoms with E-state index in [0.29, 0.717) is 21.7 Å². The molecule has 2 rings (SSSR count). The molecule has 44 heavy (non-hydrogen) atoms. The molecule has 2 fully saturated rings. The van der Waals surface area contributed by atoms with Gasteiger partial charge in [0.1, 0.15) is 6.67 Å². The van der Waals surface area contributed by atoms with E-state index in [4.69, 9.17) is 0 Å². The zero-order chi connectivity index (χ0) is 34.8. The summed E-state index contributed by atoms with van der Waals surface area (Å²) in [6, 6.07) is 0. The minimum atomic E-state index is 0.371. The second kappa shape index (κ2) is 17.3. The van der Waals surface area contributed by atoms with Crippen molar-refractivity contribution in [2.24, 2.45) is 33.5 Å². The maximum absolute atomic E-state index is 4.42. The number of rotatable bonds is 13. The third-order valence-electron chi connectivity index (χ3n) is 9.57. The van der Waals surface area contributed by atoms with Crippen molar-refractivity contribution in [2.45, 2.75) is 128 Å². The number of likely N-dealkylation sites (tertiary alicyclic amines) is 2. The average molecular weight is 618 g/mol. The Morgan fingerprint density at radius 2 is 1.00 bits per heavy atom. The highest BCUT2D eigenvalue weighted by Crippen LogP contribution is 2.41. The summed E-state index contributed by atoms with van der Waals surface area (Å²) in [6.07, 6.45) is 10.1. The van der Waals surface area contributed by atoms with Gasteiger partial charge in [0, 0.05) is 24.7 Å². The summed E-state index contributed by atoms with van der Waals surface area (Å²) in [5.74, 6) is 1.71. The van der Waals surface area contributed by atoms with Gasteiger partial charge in [0.2, 0.25) is 0 Å². The van der Waals surface area contributed by atoms with Crippen LogP contribution < -0.4 is 0 Å². The Labute approximate surface area is 279 Å². The second-order valence-corrected chi connectivity index (χ2v) is 20.0. The molecule has 0 N–H and O–H groups in total. The molecular weight excluding hydrogens is 534 g/mol. The molecule has 2 aliphatic rings. The molecule has 0 aromatic carbocycles. The summed E-state index contributed by atoms with van der Waals surface area (Å²) >= 11 is 0. The van der Waals surface area contributed by atoms with Gasteiger partial charge in [-0.3, -0.25) is 4.90 Å². The number of hydrogen-bond donors (Lipinski definition) is 0. The minimum Gasteiger partial charge on any atom is -0.326 e. The lowest BCUT2D eigenvalue weighted by Gasteiger charge is -2.34. The molecule has 3 heteroatoms. The van der Waals surface area contributed by atoms with Crippen LogP contribution >= 0.6 is 0 Å². The molecule has 0 amide bonds. The lowest BCUT2D eigenvalue weighted by molar-refractivity contribution is -0.908. The van der Waals surface area contributed by atoms with Crippen LogP contribution in [0.5, 0.6) is 0 Å². The lowest BCUT2D eigenvalue weighted by Crippen LogP contribution is -2.47. The average Bonchev–Trinajstić information content (AvgIpc) is 3.32. The molecule has 0 radical (unpaired) electrons. The first-order valence-corrected chi connectivity index (χ1v) is 17.9. The highest BCUT2D eigenvalue weighted by atomic mass is 15.4. The Bertz CT molecular complexity index is 867. The number of quaternary nitrogens is 2. The van der Waals surface area contributed by atoms with E-state index in [0.717, 1.165) is 11.8 Å². The van der Waals surface area contributed by atoms with Gasteiger partial charge in [-0.1, -0.05) is 93.5 Å². The van der Waals surface area contributed by atoms with Crippen molar-refractivity contribution in [1.82, 2.24) is 4.90 Å². The van der Waals surface area contributed by atoms with E-state index in [2.05, 4.69) is 136 Å². The van der Waals surface area contributed by atoms with Crippen molar-refractivity contribution >= 4 is 0 Å². The highest BCUT2D eigenvalue weighted by Gasteiger charge is 2.36. The predicted octanol–water partition coefficient (Wildman–Crippen LogP) is 10.8. The van der Waals surface area contributed by atoms with Crippen LogP contribution in [0, 0.1) is 33.5 Å². The molecule has 0 aromatic heterocycles. The number of hydrogen-bond acceptors (Lipinski definition) is 1. The summed E-state index contributed by atoms with van der Waals surface area (Å²) in [5, 5.41) is 0. The summed E-state index contributed by atoms with van der Waals surface area (Å²) in [6.45, 7) is 48.6. The van der Waals surface area contributed by atoms with Crippen molar-refractivity contribution in [3.8, 4) is 0 Å².